The molecule has 0 spiro atoms. The molecule has 0 fully saturated rings. The summed E-state index contributed by atoms with van der Waals surface area (Å²) in [6.45, 7) is 8.10. The predicted molar refractivity (Wildman–Crippen MR) is 123 cm³/mol. The van der Waals surface area contributed by atoms with Gasteiger partial charge in [0, 0.05) is 21.7 Å². The highest BCUT2D eigenvalue weighted by Crippen LogP contribution is 2.39. The highest BCUT2D eigenvalue weighted by atomic mass is 19.1. The second-order valence-corrected chi connectivity index (χ2v) is 9.05. The number of aryl methyl sites for hydroxylation is 1. The highest BCUT2D eigenvalue weighted by Gasteiger charge is 2.23. The van der Waals surface area contributed by atoms with Crippen molar-refractivity contribution in [1.29, 1.82) is 0 Å². The Bertz CT molecular complexity index is 1500. The van der Waals surface area contributed by atoms with Crippen LogP contribution in [0.1, 0.15) is 32.0 Å². The molecule has 0 unspecified atom stereocenters. The Hall–Kier alpha value is -3.40. The monoisotopic (exact) mass is 412 g/mol. The van der Waals surface area contributed by atoms with Crippen LogP contribution in [0, 0.1) is 18.6 Å². The second-order valence-electron chi connectivity index (χ2n) is 9.05. The molecule has 0 atom stereocenters. The van der Waals surface area contributed by atoms with Crippen molar-refractivity contribution in [3.8, 4) is 11.3 Å². The number of benzene rings is 4. The molecule has 154 valence electrons. The molecular formula is C27H22F2N2. The highest BCUT2D eigenvalue weighted by molar-refractivity contribution is 6.06. The Labute approximate surface area is 179 Å². The Kier molecular flexibility index (Phi) is 4.30. The molecular weight excluding hydrogens is 390 g/mol. The first-order chi connectivity index (χ1) is 14.8. The van der Waals surface area contributed by atoms with E-state index >= 15 is 8.78 Å². The molecule has 5 rings (SSSR count). The molecule has 1 aromatic heterocycles. The quantitative estimate of drug-likeness (QED) is 0.267. The van der Waals surface area contributed by atoms with Crippen LogP contribution >= 0.6 is 0 Å². The van der Waals surface area contributed by atoms with Crippen molar-refractivity contribution in [3.63, 3.8) is 0 Å². The van der Waals surface area contributed by atoms with Gasteiger partial charge in [-0.25, -0.2) is 8.78 Å². The maximum atomic E-state index is 15.8. The standard InChI is InChI=1S/C27H22F2N2/c1-15-22-23(25(29)20-12-8-7-11-19(20)24(22)28)26(31-30-15)17-13-16-9-5-6-10-18(16)21(14-17)27(2,3)4/h5-14H,1-4H3. The summed E-state index contributed by atoms with van der Waals surface area (Å²) < 4.78 is 31.3. The number of hydrogen-bond acceptors (Lipinski definition) is 2. The zero-order chi connectivity index (χ0) is 21.9. The summed E-state index contributed by atoms with van der Waals surface area (Å²) in [6, 6.07) is 18.8. The Morgan fingerprint density at radius 2 is 1.29 bits per heavy atom. The number of fused-ring (bicyclic) bond motifs is 3. The van der Waals surface area contributed by atoms with E-state index < -0.39 is 11.6 Å². The molecule has 0 saturated heterocycles. The van der Waals surface area contributed by atoms with E-state index in [9.17, 15) is 0 Å². The van der Waals surface area contributed by atoms with Crippen LogP contribution in [0.2, 0.25) is 0 Å². The molecule has 1 heterocycles. The number of aromatic nitrogens is 2. The molecule has 0 N–H and O–H groups in total. The lowest BCUT2D eigenvalue weighted by Gasteiger charge is -2.23. The van der Waals surface area contributed by atoms with Crippen LogP contribution in [-0.2, 0) is 5.41 Å². The summed E-state index contributed by atoms with van der Waals surface area (Å²) in [7, 11) is 0. The zero-order valence-corrected chi connectivity index (χ0v) is 17.9. The SMILES string of the molecule is Cc1nnc(-c2cc(C(C)(C)C)c3ccccc3c2)c2c(F)c3ccccc3c(F)c12. The van der Waals surface area contributed by atoms with Crippen LogP contribution in [0.5, 0.6) is 0 Å². The summed E-state index contributed by atoms with van der Waals surface area (Å²) in [5.41, 5.74) is 2.45. The average molecular weight is 412 g/mol. The third-order valence-corrected chi connectivity index (χ3v) is 5.93. The van der Waals surface area contributed by atoms with Gasteiger partial charge in [-0.1, -0.05) is 69.3 Å². The van der Waals surface area contributed by atoms with E-state index in [2.05, 4.69) is 37.0 Å². The fourth-order valence-corrected chi connectivity index (χ4v) is 4.41. The number of nitrogens with zero attached hydrogens (tertiary/aromatic N) is 2. The summed E-state index contributed by atoms with van der Waals surface area (Å²) in [4.78, 5) is 0. The molecule has 5 aromatic rings. The molecule has 0 aliphatic heterocycles. The smallest absolute Gasteiger partial charge is 0.141 e. The van der Waals surface area contributed by atoms with Crippen LogP contribution in [0.4, 0.5) is 8.78 Å². The van der Waals surface area contributed by atoms with Crippen LogP contribution in [0.3, 0.4) is 0 Å². The zero-order valence-electron chi connectivity index (χ0n) is 17.9. The van der Waals surface area contributed by atoms with Crippen molar-refractivity contribution in [2.75, 3.05) is 0 Å². The maximum absolute atomic E-state index is 15.8. The molecule has 0 aliphatic rings. The van der Waals surface area contributed by atoms with Crippen molar-refractivity contribution in [2.24, 2.45) is 0 Å². The van der Waals surface area contributed by atoms with E-state index in [1.807, 2.05) is 30.3 Å². The fraction of sp³-hybridized carbons (Fsp3) is 0.185. The van der Waals surface area contributed by atoms with Crippen LogP contribution in [-0.4, -0.2) is 10.2 Å². The third kappa shape index (κ3) is 2.97. The molecule has 0 aliphatic carbocycles. The number of hydrogen-bond donors (Lipinski definition) is 0. The molecule has 0 radical (unpaired) electrons. The van der Waals surface area contributed by atoms with Crippen molar-refractivity contribution in [2.45, 2.75) is 33.1 Å². The number of rotatable bonds is 1. The average Bonchev–Trinajstić information content (AvgIpc) is 2.76. The molecule has 0 amide bonds. The van der Waals surface area contributed by atoms with Crippen LogP contribution < -0.4 is 0 Å². The van der Waals surface area contributed by atoms with Crippen molar-refractivity contribution < 1.29 is 8.78 Å². The predicted octanol–water partition coefficient (Wildman–Crippen LogP) is 7.49. The first kappa shape index (κ1) is 19.6. The maximum Gasteiger partial charge on any atom is 0.141 e. The third-order valence-electron chi connectivity index (χ3n) is 5.93. The topological polar surface area (TPSA) is 25.8 Å². The Morgan fingerprint density at radius 1 is 0.710 bits per heavy atom. The van der Waals surface area contributed by atoms with Gasteiger partial charge in [-0.2, -0.15) is 5.10 Å². The molecule has 2 nitrogen and oxygen atoms in total. The van der Waals surface area contributed by atoms with Gasteiger partial charge in [-0.15, -0.1) is 5.10 Å². The van der Waals surface area contributed by atoms with Gasteiger partial charge in [0.1, 0.15) is 17.3 Å². The summed E-state index contributed by atoms with van der Waals surface area (Å²) in [6.07, 6.45) is 0. The summed E-state index contributed by atoms with van der Waals surface area (Å²) in [5.74, 6) is -0.928. The molecule has 4 heteroatoms. The first-order valence-electron chi connectivity index (χ1n) is 10.3. The molecule has 31 heavy (non-hydrogen) atoms. The van der Waals surface area contributed by atoms with Gasteiger partial charge in [-0.3, -0.25) is 0 Å². The van der Waals surface area contributed by atoms with Crippen molar-refractivity contribution in [1.82, 2.24) is 10.2 Å². The fourth-order valence-electron chi connectivity index (χ4n) is 4.41. The normalized spacial score (nSPS) is 12.2. The van der Waals surface area contributed by atoms with Gasteiger partial charge in [0.25, 0.3) is 0 Å². The number of halogens is 2. The lowest BCUT2D eigenvalue weighted by molar-refractivity contribution is 0.596. The van der Waals surface area contributed by atoms with E-state index in [0.29, 0.717) is 11.4 Å². The Balaban J connectivity index is 1.95. The van der Waals surface area contributed by atoms with Crippen LogP contribution in [0.15, 0.2) is 60.7 Å². The Morgan fingerprint density at radius 3 is 1.94 bits per heavy atom. The lowest BCUT2D eigenvalue weighted by atomic mass is 9.82. The summed E-state index contributed by atoms with van der Waals surface area (Å²) >= 11 is 0. The molecule has 0 bridgehead atoms. The van der Waals surface area contributed by atoms with Gasteiger partial charge in [0.05, 0.1) is 11.1 Å². The first-order valence-corrected chi connectivity index (χ1v) is 10.3. The van der Waals surface area contributed by atoms with Crippen molar-refractivity contribution in [3.05, 3.63) is 83.6 Å². The second kappa shape index (κ2) is 6.81. The molecule has 4 aromatic carbocycles. The van der Waals surface area contributed by atoms with E-state index in [-0.39, 0.29) is 27.0 Å². The van der Waals surface area contributed by atoms with Gasteiger partial charge >= 0.3 is 0 Å². The van der Waals surface area contributed by atoms with Gasteiger partial charge < -0.3 is 0 Å². The minimum atomic E-state index is -0.467. The molecule has 0 saturated carbocycles. The minimum absolute atomic E-state index is 0.139. The largest absolute Gasteiger partial charge is 0.206 e. The van der Waals surface area contributed by atoms with Gasteiger partial charge in [0.15, 0.2) is 0 Å². The van der Waals surface area contributed by atoms with Crippen LogP contribution in [0.25, 0.3) is 43.6 Å². The van der Waals surface area contributed by atoms with Gasteiger partial charge in [-0.05, 0) is 40.8 Å². The van der Waals surface area contributed by atoms with E-state index in [1.165, 1.54) is 0 Å². The van der Waals surface area contributed by atoms with E-state index in [1.54, 1.807) is 31.2 Å². The minimum Gasteiger partial charge on any atom is -0.206 e. The van der Waals surface area contributed by atoms with Gasteiger partial charge in [0.2, 0.25) is 0 Å². The van der Waals surface area contributed by atoms with E-state index in [4.69, 9.17) is 0 Å². The summed E-state index contributed by atoms with van der Waals surface area (Å²) in [5, 5.41) is 11.6. The lowest BCUT2D eigenvalue weighted by Crippen LogP contribution is -2.12. The van der Waals surface area contributed by atoms with E-state index in [0.717, 1.165) is 21.9 Å². The van der Waals surface area contributed by atoms with Crippen molar-refractivity contribution >= 4 is 32.3 Å².